The Balaban J connectivity index is 1.55. The third-order valence-corrected chi connectivity index (χ3v) is 5.05. The molecule has 3 rings (SSSR count). The van der Waals surface area contributed by atoms with Crippen LogP contribution in [0.3, 0.4) is 0 Å². The minimum absolute atomic E-state index is 0.0264. The average Bonchev–Trinajstić information content (AvgIpc) is 3.09. The van der Waals surface area contributed by atoms with Crippen LogP contribution in [-0.2, 0) is 14.3 Å². The first-order valence-corrected chi connectivity index (χ1v) is 10.3. The Bertz CT molecular complexity index is 990. The molecule has 0 atom stereocenters. The Hall–Kier alpha value is -3.05. The Morgan fingerprint density at radius 2 is 1.94 bits per heavy atom. The zero-order valence-electron chi connectivity index (χ0n) is 18.3. The number of amides is 1. The van der Waals surface area contributed by atoms with Crippen LogP contribution in [0.5, 0.6) is 5.75 Å². The lowest BCUT2D eigenvalue weighted by atomic mass is 9.93. The standard InChI is InChI=1S/C23H28N2O6/c1-23(2,3)31-19(26)13-29-16-8-6-15(7-9-16)25-22(27)21-20(28-4)17-11-14(12-24)5-10-18(17)30-21/h5,10-11,15-16H,6-9,13H2,1-4H3,(H,25,27). The van der Waals surface area contributed by atoms with Crippen LogP contribution in [0, 0.1) is 11.3 Å². The molecule has 1 aromatic carbocycles. The number of nitrogens with one attached hydrogen (secondary N) is 1. The van der Waals surface area contributed by atoms with E-state index in [1.54, 1.807) is 18.2 Å². The van der Waals surface area contributed by atoms with Gasteiger partial charge in [-0.05, 0) is 64.7 Å². The zero-order valence-corrected chi connectivity index (χ0v) is 18.3. The fourth-order valence-corrected chi connectivity index (χ4v) is 3.68. The highest BCUT2D eigenvalue weighted by molar-refractivity contribution is 6.01. The van der Waals surface area contributed by atoms with Crippen LogP contribution in [0.25, 0.3) is 11.0 Å². The number of fused-ring (bicyclic) bond motifs is 1. The Labute approximate surface area is 181 Å². The lowest BCUT2D eigenvalue weighted by Crippen LogP contribution is -2.39. The van der Waals surface area contributed by atoms with Crippen molar-refractivity contribution in [2.75, 3.05) is 13.7 Å². The van der Waals surface area contributed by atoms with Crippen molar-refractivity contribution in [1.82, 2.24) is 5.32 Å². The molecule has 1 aliphatic carbocycles. The molecular weight excluding hydrogens is 400 g/mol. The smallest absolute Gasteiger partial charge is 0.332 e. The van der Waals surface area contributed by atoms with E-state index in [4.69, 9.17) is 23.9 Å². The van der Waals surface area contributed by atoms with E-state index in [9.17, 15) is 9.59 Å². The van der Waals surface area contributed by atoms with E-state index in [2.05, 4.69) is 11.4 Å². The van der Waals surface area contributed by atoms with Crippen LogP contribution < -0.4 is 10.1 Å². The van der Waals surface area contributed by atoms with E-state index in [-0.39, 0.29) is 36.4 Å². The molecule has 0 saturated heterocycles. The van der Waals surface area contributed by atoms with Gasteiger partial charge in [-0.3, -0.25) is 4.79 Å². The number of benzene rings is 1. The highest BCUT2D eigenvalue weighted by Crippen LogP contribution is 2.34. The third kappa shape index (κ3) is 5.76. The molecule has 8 nitrogen and oxygen atoms in total. The van der Waals surface area contributed by atoms with Gasteiger partial charge in [0.2, 0.25) is 5.76 Å². The lowest BCUT2D eigenvalue weighted by molar-refractivity contribution is -0.162. The molecule has 0 radical (unpaired) electrons. The van der Waals surface area contributed by atoms with E-state index < -0.39 is 5.60 Å². The topological polar surface area (TPSA) is 111 Å². The fourth-order valence-electron chi connectivity index (χ4n) is 3.68. The maximum Gasteiger partial charge on any atom is 0.332 e. The maximum absolute atomic E-state index is 12.8. The van der Waals surface area contributed by atoms with Gasteiger partial charge in [0.25, 0.3) is 5.91 Å². The third-order valence-electron chi connectivity index (χ3n) is 5.05. The molecule has 1 aromatic heterocycles. The summed E-state index contributed by atoms with van der Waals surface area (Å²) in [5.41, 5.74) is 0.416. The number of carbonyl (C=O) groups is 2. The van der Waals surface area contributed by atoms with Crippen molar-refractivity contribution in [1.29, 1.82) is 5.26 Å². The number of furan rings is 1. The largest absolute Gasteiger partial charge is 0.492 e. The van der Waals surface area contributed by atoms with Gasteiger partial charge in [-0.1, -0.05) is 0 Å². The fraction of sp³-hybridized carbons (Fsp3) is 0.522. The molecule has 166 valence electrons. The van der Waals surface area contributed by atoms with Crippen molar-refractivity contribution in [3.63, 3.8) is 0 Å². The summed E-state index contributed by atoms with van der Waals surface area (Å²) < 4.78 is 22.0. The summed E-state index contributed by atoms with van der Waals surface area (Å²) >= 11 is 0. The van der Waals surface area contributed by atoms with Crippen molar-refractivity contribution in [2.24, 2.45) is 0 Å². The van der Waals surface area contributed by atoms with Gasteiger partial charge in [-0.25, -0.2) is 4.79 Å². The molecule has 1 aliphatic rings. The van der Waals surface area contributed by atoms with Gasteiger partial charge < -0.3 is 23.9 Å². The van der Waals surface area contributed by atoms with Crippen molar-refractivity contribution in [2.45, 2.75) is 64.2 Å². The van der Waals surface area contributed by atoms with E-state index >= 15 is 0 Å². The molecule has 0 bridgehead atoms. The number of methoxy groups -OCH3 is 1. The Morgan fingerprint density at radius 3 is 2.55 bits per heavy atom. The number of rotatable bonds is 6. The maximum atomic E-state index is 12.8. The predicted octanol–water partition coefficient (Wildman–Crippen LogP) is 3.71. The molecule has 1 heterocycles. The molecule has 31 heavy (non-hydrogen) atoms. The second kappa shape index (κ2) is 9.40. The molecule has 2 aromatic rings. The van der Waals surface area contributed by atoms with Crippen LogP contribution in [0.15, 0.2) is 22.6 Å². The molecule has 1 amide bonds. The average molecular weight is 428 g/mol. The van der Waals surface area contributed by atoms with Crippen molar-refractivity contribution >= 4 is 22.8 Å². The number of nitrogens with zero attached hydrogens (tertiary/aromatic N) is 1. The molecule has 0 unspecified atom stereocenters. The molecule has 0 spiro atoms. The first-order valence-electron chi connectivity index (χ1n) is 10.3. The van der Waals surface area contributed by atoms with Gasteiger partial charge in [-0.15, -0.1) is 0 Å². The molecule has 1 N–H and O–H groups in total. The van der Waals surface area contributed by atoms with Crippen molar-refractivity contribution in [3.05, 3.63) is 29.5 Å². The zero-order chi connectivity index (χ0) is 22.6. The summed E-state index contributed by atoms with van der Waals surface area (Å²) in [7, 11) is 1.47. The quantitative estimate of drug-likeness (QED) is 0.698. The highest BCUT2D eigenvalue weighted by Gasteiger charge is 2.28. The highest BCUT2D eigenvalue weighted by atomic mass is 16.6. The number of carbonyl (C=O) groups excluding carboxylic acids is 2. The predicted molar refractivity (Wildman–Crippen MR) is 113 cm³/mol. The second-order valence-corrected chi connectivity index (χ2v) is 8.63. The van der Waals surface area contributed by atoms with Crippen LogP contribution >= 0.6 is 0 Å². The van der Waals surface area contributed by atoms with Crippen LogP contribution in [-0.4, -0.2) is 43.3 Å². The minimum Gasteiger partial charge on any atom is -0.492 e. The summed E-state index contributed by atoms with van der Waals surface area (Å²) in [6, 6.07) is 6.97. The van der Waals surface area contributed by atoms with E-state index in [0.29, 0.717) is 22.3 Å². The summed E-state index contributed by atoms with van der Waals surface area (Å²) in [4.78, 5) is 24.6. The monoisotopic (exact) mass is 428 g/mol. The van der Waals surface area contributed by atoms with E-state index in [0.717, 1.165) is 25.7 Å². The Kier molecular flexibility index (Phi) is 6.86. The first-order chi connectivity index (χ1) is 14.7. The van der Waals surface area contributed by atoms with Crippen molar-refractivity contribution in [3.8, 4) is 11.8 Å². The van der Waals surface area contributed by atoms with Crippen molar-refractivity contribution < 1.29 is 28.2 Å². The summed E-state index contributed by atoms with van der Waals surface area (Å²) in [5.74, 6) is -0.320. The SMILES string of the molecule is COc1c(C(=O)NC2CCC(OCC(=O)OC(C)(C)C)CC2)oc2ccc(C#N)cc12. The molecule has 1 saturated carbocycles. The lowest BCUT2D eigenvalue weighted by Gasteiger charge is -2.29. The van der Waals surface area contributed by atoms with Crippen LogP contribution in [0.1, 0.15) is 62.6 Å². The van der Waals surface area contributed by atoms with E-state index in [1.165, 1.54) is 7.11 Å². The van der Waals surface area contributed by atoms with Gasteiger partial charge in [0.05, 0.1) is 30.2 Å². The number of hydrogen-bond donors (Lipinski definition) is 1. The second-order valence-electron chi connectivity index (χ2n) is 8.63. The van der Waals surface area contributed by atoms with Gasteiger partial charge in [-0.2, -0.15) is 5.26 Å². The molecule has 8 heteroatoms. The summed E-state index contributed by atoms with van der Waals surface area (Å²) in [6.45, 7) is 5.38. The number of hydrogen-bond acceptors (Lipinski definition) is 7. The normalized spacial score (nSPS) is 18.9. The first kappa shape index (κ1) is 22.6. The van der Waals surface area contributed by atoms with Gasteiger partial charge in [0, 0.05) is 6.04 Å². The Morgan fingerprint density at radius 1 is 1.23 bits per heavy atom. The van der Waals surface area contributed by atoms with Gasteiger partial charge >= 0.3 is 5.97 Å². The number of nitriles is 1. The van der Waals surface area contributed by atoms with Crippen LogP contribution in [0.4, 0.5) is 0 Å². The van der Waals surface area contributed by atoms with E-state index in [1.807, 2.05) is 20.8 Å². The molecule has 0 aliphatic heterocycles. The van der Waals surface area contributed by atoms with Gasteiger partial charge in [0.15, 0.2) is 5.75 Å². The number of esters is 1. The minimum atomic E-state index is -0.531. The summed E-state index contributed by atoms with van der Waals surface area (Å²) in [5, 5.41) is 12.7. The van der Waals surface area contributed by atoms with Gasteiger partial charge in [0.1, 0.15) is 17.8 Å². The number of ether oxygens (including phenoxy) is 3. The van der Waals surface area contributed by atoms with Crippen LogP contribution in [0.2, 0.25) is 0 Å². The molecule has 1 fully saturated rings. The summed E-state index contributed by atoms with van der Waals surface area (Å²) in [6.07, 6.45) is 2.89. The molecular formula is C23H28N2O6.